The normalized spacial score (nSPS) is 9.69. The van der Waals surface area contributed by atoms with Crippen LogP contribution in [0.1, 0.15) is 5.56 Å². The minimum atomic E-state index is -0.273. The Morgan fingerprint density at radius 1 is 1.54 bits per heavy atom. The number of halogens is 1. The summed E-state index contributed by atoms with van der Waals surface area (Å²) in [4.78, 5) is 0. The van der Waals surface area contributed by atoms with Crippen LogP contribution in [0.25, 0.3) is 0 Å². The molecule has 0 heterocycles. The summed E-state index contributed by atoms with van der Waals surface area (Å²) < 4.78 is 13.2. The Balaban J connectivity index is 2.78. The molecule has 70 valence electrons. The molecule has 0 saturated heterocycles. The van der Waals surface area contributed by atoms with Crippen molar-refractivity contribution in [3.8, 4) is 0 Å². The number of nitrogens with two attached hydrogens (primary N) is 1. The largest absolute Gasteiger partial charge is 0.379 e. The van der Waals surface area contributed by atoms with Crippen LogP contribution in [0.4, 0.5) is 10.1 Å². The van der Waals surface area contributed by atoms with Crippen molar-refractivity contribution in [2.45, 2.75) is 6.54 Å². The second-order valence-corrected chi connectivity index (χ2v) is 2.69. The van der Waals surface area contributed by atoms with Crippen molar-refractivity contribution in [3.05, 3.63) is 42.2 Å². The third-order valence-electron chi connectivity index (χ3n) is 1.71. The van der Waals surface area contributed by atoms with Crippen LogP contribution in [-0.2, 0) is 6.54 Å². The maximum absolute atomic E-state index is 13.2. The van der Waals surface area contributed by atoms with E-state index in [0.717, 1.165) is 5.56 Å². The molecule has 0 unspecified atom stereocenters. The second kappa shape index (κ2) is 4.62. The minimum Gasteiger partial charge on any atom is -0.379 e. The number of benzene rings is 1. The molecule has 0 radical (unpaired) electrons. The molecule has 0 bridgehead atoms. The maximum Gasteiger partial charge on any atom is 0.146 e. The van der Waals surface area contributed by atoms with Gasteiger partial charge >= 0.3 is 0 Å². The SMILES string of the molecule is C=CCNc1ccc(CN)cc1F. The molecule has 0 aliphatic rings. The molecule has 13 heavy (non-hydrogen) atoms. The van der Waals surface area contributed by atoms with Gasteiger partial charge in [-0.05, 0) is 17.7 Å². The predicted molar refractivity (Wildman–Crippen MR) is 53.0 cm³/mol. The van der Waals surface area contributed by atoms with E-state index in [9.17, 15) is 4.39 Å². The molecule has 3 heteroatoms. The zero-order chi connectivity index (χ0) is 9.68. The molecule has 3 N–H and O–H groups in total. The van der Waals surface area contributed by atoms with Crippen molar-refractivity contribution >= 4 is 5.69 Å². The Morgan fingerprint density at radius 2 is 2.31 bits per heavy atom. The zero-order valence-corrected chi connectivity index (χ0v) is 7.39. The Bertz CT molecular complexity index is 297. The fraction of sp³-hybridized carbons (Fsp3) is 0.200. The lowest BCUT2D eigenvalue weighted by molar-refractivity contribution is 0.628. The van der Waals surface area contributed by atoms with E-state index in [1.807, 2.05) is 0 Å². The first kappa shape index (κ1) is 9.74. The third kappa shape index (κ3) is 2.56. The molecule has 0 aliphatic heterocycles. The topological polar surface area (TPSA) is 38.0 Å². The smallest absolute Gasteiger partial charge is 0.146 e. The fourth-order valence-electron chi connectivity index (χ4n) is 1.01. The first-order valence-electron chi connectivity index (χ1n) is 4.11. The zero-order valence-electron chi connectivity index (χ0n) is 7.39. The standard InChI is InChI=1S/C10H13FN2/c1-2-5-13-10-4-3-8(7-12)6-9(10)11/h2-4,6,13H,1,5,7,12H2. The van der Waals surface area contributed by atoms with E-state index in [4.69, 9.17) is 5.73 Å². The molecule has 0 fully saturated rings. The van der Waals surface area contributed by atoms with E-state index in [1.165, 1.54) is 6.07 Å². The van der Waals surface area contributed by atoms with Crippen molar-refractivity contribution in [3.63, 3.8) is 0 Å². The second-order valence-electron chi connectivity index (χ2n) is 2.69. The van der Waals surface area contributed by atoms with E-state index in [2.05, 4.69) is 11.9 Å². The summed E-state index contributed by atoms with van der Waals surface area (Å²) in [7, 11) is 0. The first-order valence-corrected chi connectivity index (χ1v) is 4.11. The van der Waals surface area contributed by atoms with Gasteiger partial charge in [-0.1, -0.05) is 12.1 Å². The van der Waals surface area contributed by atoms with Crippen LogP contribution in [0.15, 0.2) is 30.9 Å². The van der Waals surface area contributed by atoms with E-state index in [0.29, 0.717) is 18.8 Å². The van der Waals surface area contributed by atoms with Crippen LogP contribution >= 0.6 is 0 Å². The molecule has 1 aromatic rings. The van der Waals surface area contributed by atoms with Crippen LogP contribution in [-0.4, -0.2) is 6.54 Å². The predicted octanol–water partition coefficient (Wildman–Crippen LogP) is 1.88. The van der Waals surface area contributed by atoms with Gasteiger partial charge in [0, 0.05) is 13.1 Å². The van der Waals surface area contributed by atoms with Crippen molar-refractivity contribution in [1.82, 2.24) is 0 Å². The number of nitrogens with one attached hydrogen (secondary N) is 1. The van der Waals surface area contributed by atoms with Gasteiger partial charge in [-0.15, -0.1) is 6.58 Å². The Labute approximate surface area is 77.3 Å². The van der Waals surface area contributed by atoms with E-state index in [1.54, 1.807) is 18.2 Å². The van der Waals surface area contributed by atoms with Crippen LogP contribution < -0.4 is 11.1 Å². The monoisotopic (exact) mass is 180 g/mol. The summed E-state index contributed by atoms with van der Waals surface area (Å²) in [6, 6.07) is 4.92. The lowest BCUT2D eigenvalue weighted by Gasteiger charge is -2.05. The highest BCUT2D eigenvalue weighted by Crippen LogP contribution is 2.14. The van der Waals surface area contributed by atoms with Gasteiger partial charge in [-0.25, -0.2) is 4.39 Å². The average molecular weight is 180 g/mol. The van der Waals surface area contributed by atoms with Crippen LogP contribution in [0.2, 0.25) is 0 Å². The van der Waals surface area contributed by atoms with E-state index in [-0.39, 0.29) is 5.82 Å². The van der Waals surface area contributed by atoms with Gasteiger partial charge in [-0.2, -0.15) is 0 Å². The molecule has 0 saturated carbocycles. The van der Waals surface area contributed by atoms with Crippen molar-refractivity contribution in [1.29, 1.82) is 0 Å². The summed E-state index contributed by atoms with van der Waals surface area (Å²) in [5, 5.41) is 2.88. The summed E-state index contributed by atoms with van der Waals surface area (Å²) in [5.74, 6) is -0.273. The summed E-state index contributed by atoms with van der Waals surface area (Å²) in [6.45, 7) is 4.45. The lowest BCUT2D eigenvalue weighted by Crippen LogP contribution is -2.02. The molecule has 1 aromatic carbocycles. The summed E-state index contributed by atoms with van der Waals surface area (Å²) in [6.07, 6.45) is 1.68. The molecular weight excluding hydrogens is 167 g/mol. The minimum absolute atomic E-state index is 0.273. The van der Waals surface area contributed by atoms with Gasteiger partial charge < -0.3 is 11.1 Å². The molecule has 0 aliphatic carbocycles. The van der Waals surface area contributed by atoms with Crippen molar-refractivity contribution < 1.29 is 4.39 Å². The molecule has 0 spiro atoms. The summed E-state index contributed by atoms with van der Waals surface area (Å²) in [5.41, 5.74) is 6.64. The molecule has 1 rings (SSSR count). The van der Waals surface area contributed by atoms with Gasteiger partial charge in [0.05, 0.1) is 5.69 Å². The van der Waals surface area contributed by atoms with Gasteiger partial charge in [0.1, 0.15) is 5.82 Å². The van der Waals surface area contributed by atoms with Gasteiger partial charge in [0.2, 0.25) is 0 Å². The Hall–Kier alpha value is -1.35. The highest BCUT2D eigenvalue weighted by atomic mass is 19.1. The van der Waals surface area contributed by atoms with Crippen molar-refractivity contribution in [2.75, 3.05) is 11.9 Å². The summed E-state index contributed by atoms with van der Waals surface area (Å²) >= 11 is 0. The number of anilines is 1. The van der Waals surface area contributed by atoms with E-state index >= 15 is 0 Å². The van der Waals surface area contributed by atoms with Crippen LogP contribution in [0.3, 0.4) is 0 Å². The number of hydrogen-bond donors (Lipinski definition) is 2. The fourth-order valence-corrected chi connectivity index (χ4v) is 1.01. The first-order chi connectivity index (χ1) is 6.27. The lowest BCUT2D eigenvalue weighted by atomic mass is 10.2. The third-order valence-corrected chi connectivity index (χ3v) is 1.71. The number of rotatable bonds is 4. The molecule has 0 aromatic heterocycles. The van der Waals surface area contributed by atoms with E-state index < -0.39 is 0 Å². The van der Waals surface area contributed by atoms with Crippen molar-refractivity contribution in [2.24, 2.45) is 5.73 Å². The highest BCUT2D eigenvalue weighted by molar-refractivity contribution is 5.46. The molecule has 0 amide bonds. The van der Waals surface area contributed by atoms with Gasteiger partial charge in [0.15, 0.2) is 0 Å². The van der Waals surface area contributed by atoms with Gasteiger partial charge in [-0.3, -0.25) is 0 Å². The molecule has 0 atom stereocenters. The highest BCUT2D eigenvalue weighted by Gasteiger charge is 2.00. The quantitative estimate of drug-likeness (QED) is 0.694. The Morgan fingerprint density at radius 3 is 2.85 bits per heavy atom. The average Bonchev–Trinajstić information content (AvgIpc) is 2.16. The Kier molecular flexibility index (Phi) is 3.46. The number of hydrogen-bond acceptors (Lipinski definition) is 2. The van der Waals surface area contributed by atoms with Gasteiger partial charge in [0.25, 0.3) is 0 Å². The molecule has 2 nitrogen and oxygen atoms in total. The van der Waals surface area contributed by atoms with Crippen LogP contribution in [0, 0.1) is 5.82 Å². The molecular formula is C10H13FN2. The maximum atomic E-state index is 13.2. The van der Waals surface area contributed by atoms with Crippen LogP contribution in [0.5, 0.6) is 0 Å².